The molecule has 3 heteroatoms. The van der Waals surface area contributed by atoms with Crippen molar-refractivity contribution < 1.29 is 0 Å². The van der Waals surface area contributed by atoms with E-state index in [2.05, 4.69) is 267 Å². The van der Waals surface area contributed by atoms with Gasteiger partial charge in [0, 0.05) is 51.2 Å². The molecular weight excluding hydrogens is 763 g/mol. The van der Waals surface area contributed by atoms with E-state index in [4.69, 9.17) is 0 Å². The Morgan fingerprint density at radius 2 is 0.476 bits per heavy atom. The van der Waals surface area contributed by atoms with Crippen LogP contribution in [0.3, 0.4) is 0 Å². The van der Waals surface area contributed by atoms with Gasteiger partial charge in [-0.25, -0.2) is 0 Å². The Hall–Kier alpha value is -7.88. The molecule has 10 aromatic rings. The zero-order chi connectivity index (χ0) is 42.9. The van der Waals surface area contributed by atoms with Crippen molar-refractivity contribution >= 4 is 72.7 Å². The van der Waals surface area contributed by atoms with Crippen LogP contribution in [0.5, 0.6) is 0 Å². The molecule has 0 aliphatic heterocycles. The fraction of sp³-hybridized carbons (Fsp3) is 0.0667. The fourth-order valence-corrected chi connectivity index (χ4v) is 8.62. The second-order valence-corrected chi connectivity index (χ2v) is 16.7. The second-order valence-electron chi connectivity index (χ2n) is 16.7. The van der Waals surface area contributed by atoms with Crippen LogP contribution in [-0.2, 0) is 0 Å². The van der Waals surface area contributed by atoms with Crippen LogP contribution >= 0.6 is 0 Å². The summed E-state index contributed by atoms with van der Waals surface area (Å²) in [6.45, 7) is 8.53. The van der Waals surface area contributed by atoms with Gasteiger partial charge in [-0.2, -0.15) is 0 Å². The van der Waals surface area contributed by atoms with E-state index < -0.39 is 0 Å². The van der Waals surface area contributed by atoms with Crippen molar-refractivity contribution in [2.45, 2.75) is 27.7 Å². The number of para-hydroxylation sites is 1. The molecule has 0 unspecified atom stereocenters. The van der Waals surface area contributed by atoms with Crippen LogP contribution in [0.1, 0.15) is 22.3 Å². The summed E-state index contributed by atoms with van der Waals surface area (Å²) in [5.74, 6) is 0. The molecule has 0 amide bonds. The van der Waals surface area contributed by atoms with Gasteiger partial charge >= 0.3 is 0 Å². The molecule has 0 aromatic heterocycles. The minimum absolute atomic E-state index is 1.10. The lowest BCUT2D eigenvalue weighted by Crippen LogP contribution is -2.10. The van der Waals surface area contributed by atoms with E-state index in [0.717, 1.165) is 51.2 Å². The molecule has 10 rings (SSSR count). The molecule has 0 bridgehead atoms. The third-order valence-electron chi connectivity index (χ3n) is 12.1. The highest BCUT2D eigenvalue weighted by molar-refractivity contribution is 6.09. The summed E-state index contributed by atoms with van der Waals surface area (Å²) in [6, 6.07) is 81.8. The summed E-state index contributed by atoms with van der Waals surface area (Å²) < 4.78 is 0. The molecule has 0 heterocycles. The van der Waals surface area contributed by atoms with Gasteiger partial charge in [0.1, 0.15) is 0 Å². The van der Waals surface area contributed by atoms with Crippen LogP contribution in [0.2, 0.25) is 0 Å². The first-order valence-corrected chi connectivity index (χ1v) is 21.7. The topological polar surface area (TPSA) is 9.72 Å². The van der Waals surface area contributed by atoms with Crippen LogP contribution in [0, 0.1) is 27.7 Å². The molecule has 3 nitrogen and oxygen atoms in total. The number of hydrogen-bond donors (Lipinski definition) is 0. The van der Waals surface area contributed by atoms with Gasteiger partial charge in [-0.15, -0.1) is 0 Å². The zero-order valence-corrected chi connectivity index (χ0v) is 36.2. The normalized spacial score (nSPS) is 11.2. The molecule has 0 saturated heterocycles. The molecule has 0 aliphatic rings. The molecule has 0 radical (unpaired) electrons. The van der Waals surface area contributed by atoms with E-state index in [-0.39, 0.29) is 0 Å². The number of benzene rings is 10. The molecular formula is C60H49N3. The second kappa shape index (κ2) is 16.9. The molecule has 63 heavy (non-hydrogen) atoms. The van der Waals surface area contributed by atoms with E-state index >= 15 is 0 Å². The maximum atomic E-state index is 2.35. The highest BCUT2D eigenvalue weighted by Crippen LogP contribution is 2.41. The molecule has 0 fully saturated rings. The van der Waals surface area contributed by atoms with E-state index in [1.54, 1.807) is 0 Å². The Kier molecular flexibility index (Phi) is 10.5. The Balaban J connectivity index is 0.963. The first-order chi connectivity index (χ1) is 30.8. The average Bonchev–Trinajstić information content (AvgIpc) is 3.32. The van der Waals surface area contributed by atoms with Gasteiger partial charge in [-0.05, 0) is 170 Å². The van der Waals surface area contributed by atoms with Crippen molar-refractivity contribution in [3.63, 3.8) is 0 Å². The maximum Gasteiger partial charge on any atom is 0.0468 e. The van der Waals surface area contributed by atoms with Crippen molar-refractivity contribution in [1.29, 1.82) is 0 Å². The molecule has 10 aromatic carbocycles. The molecule has 0 saturated carbocycles. The van der Waals surface area contributed by atoms with Crippen molar-refractivity contribution in [1.82, 2.24) is 0 Å². The van der Waals surface area contributed by atoms with Gasteiger partial charge in [0.2, 0.25) is 0 Å². The van der Waals surface area contributed by atoms with Crippen LogP contribution < -0.4 is 14.7 Å². The van der Waals surface area contributed by atoms with Crippen molar-refractivity contribution in [3.05, 3.63) is 247 Å². The van der Waals surface area contributed by atoms with Crippen LogP contribution in [-0.4, -0.2) is 0 Å². The Labute approximate surface area is 371 Å². The Morgan fingerprint density at radius 3 is 0.794 bits per heavy atom. The van der Waals surface area contributed by atoms with Gasteiger partial charge in [0.15, 0.2) is 0 Å². The highest BCUT2D eigenvalue weighted by Gasteiger charge is 2.17. The maximum absolute atomic E-state index is 2.35. The Bertz CT molecular complexity index is 3060. The quantitative estimate of drug-likeness (QED) is 0.127. The molecule has 304 valence electrons. The summed E-state index contributed by atoms with van der Waals surface area (Å²) in [5.41, 5.74) is 17.5. The number of anilines is 9. The summed E-state index contributed by atoms with van der Waals surface area (Å²) in [7, 11) is 0. The highest BCUT2D eigenvalue weighted by atomic mass is 15.2. The number of rotatable bonds is 10. The molecule has 0 spiro atoms. The van der Waals surface area contributed by atoms with E-state index in [0.29, 0.717) is 0 Å². The lowest BCUT2D eigenvalue weighted by atomic mass is 9.99. The first-order valence-electron chi connectivity index (χ1n) is 21.7. The molecule has 0 atom stereocenters. The summed E-state index contributed by atoms with van der Waals surface area (Å²) in [4.78, 5) is 7.01. The Morgan fingerprint density at radius 1 is 0.222 bits per heavy atom. The largest absolute Gasteiger partial charge is 0.311 e. The van der Waals surface area contributed by atoms with E-state index in [9.17, 15) is 0 Å². The van der Waals surface area contributed by atoms with Crippen molar-refractivity contribution in [2.75, 3.05) is 14.7 Å². The molecule has 0 aliphatic carbocycles. The number of aryl methyl sites for hydroxylation is 4. The number of nitrogens with zero attached hydrogens (tertiary/aromatic N) is 3. The lowest BCUT2D eigenvalue weighted by molar-refractivity contribution is 1.27. The molecule has 0 N–H and O–H groups in total. The standard InChI is InChI=1S/C60H49N3/c1-42-10-24-51(25-11-42)61(52-26-12-43(2)13-27-52)55-32-20-46(21-33-55)47-22-34-56(35-23-47)62(50-8-6-5-7-9-50)57-36-38-59-48(40-57)18-19-49-41-58(37-39-60(49)59)63(53-28-14-44(3)15-29-53)54-30-16-45(4)17-31-54/h5-41H,1-4H3. The minimum Gasteiger partial charge on any atom is -0.311 e. The number of fused-ring (bicyclic) bond motifs is 3. The number of hydrogen-bond acceptors (Lipinski definition) is 3. The summed E-state index contributed by atoms with van der Waals surface area (Å²) >= 11 is 0. The van der Waals surface area contributed by atoms with Crippen molar-refractivity contribution in [3.8, 4) is 11.1 Å². The first kappa shape index (κ1) is 39.3. The van der Waals surface area contributed by atoms with Crippen LogP contribution in [0.4, 0.5) is 51.2 Å². The van der Waals surface area contributed by atoms with Gasteiger partial charge in [0.25, 0.3) is 0 Å². The predicted molar refractivity (Wildman–Crippen MR) is 270 cm³/mol. The smallest absolute Gasteiger partial charge is 0.0468 e. The van der Waals surface area contributed by atoms with Gasteiger partial charge in [0.05, 0.1) is 0 Å². The lowest BCUT2D eigenvalue weighted by Gasteiger charge is -2.27. The summed E-state index contributed by atoms with van der Waals surface area (Å²) in [6.07, 6.45) is 0. The third-order valence-corrected chi connectivity index (χ3v) is 12.1. The van der Waals surface area contributed by atoms with Crippen LogP contribution in [0.15, 0.2) is 224 Å². The zero-order valence-electron chi connectivity index (χ0n) is 36.2. The third kappa shape index (κ3) is 8.05. The average molecular weight is 812 g/mol. The minimum atomic E-state index is 1.10. The fourth-order valence-electron chi connectivity index (χ4n) is 8.62. The predicted octanol–water partition coefficient (Wildman–Crippen LogP) is 17.3. The van der Waals surface area contributed by atoms with Crippen LogP contribution in [0.25, 0.3) is 32.7 Å². The van der Waals surface area contributed by atoms with Crippen molar-refractivity contribution in [2.24, 2.45) is 0 Å². The van der Waals surface area contributed by atoms with Gasteiger partial charge < -0.3 is 14.7 Å². The van der Waals surface area contributed by atoms with Gasteiger partial charge in [-0.3, -0.25) is 0 Å². The van der Waals surface area contributed by atoms with E-state index in [1.165, 1.54) is 54.9 Å². The summed E-state index contributed by atoms with van der Waals surface area (Å²) in [5, 5.41) is 4.87. The van der Waals surface area contributed by atoms with Gasteiger partial charge in [-0.1, -0.05) is 138 Å². The van der Waals surface area contributed by atoms with E-state index in [1.807, 2.05) is 0 Å². The monoisotopic (exact) mass is 811 g/mol. The SMILES string of the molecule is Cc1ccc(N(c2ccc(C)cc2)c2ccc(-c3ccc(N(c4ccccc4)c4ccc5c(ccc6cc(N(c7ccc(C)cc7)c7ccc(C)cc7)ccc65)c4)cc3)cc2)cc1.